The Kier molecular flexibility index (Phi) is 8.00. The van der Waals surface area contributed by atoms with Crippen LogP contribution in [0.3, 0.4) is 0 Å². The van der Waals surface area contributed by atoms with Crippen LogP contribution >= 0.6 is 0 Å². The van der Waals surface area contributed by atoms with Gasteiger partial charge in [-0.05, 0) is 82.7 Å². The molecule has 1 unspecified atom stereocenters. The van der Waals surface area contributed by atoms with Gasteiger partial charge in [0, 0.05) is 23.5 Å². The predicted octanol–water partition coefficient (Wildman–Crippen LogP) is 2.16. The van der Waals surface area contributed by atoms with E-state index in [0.29, 0.717) is 23.1 Å². The summed E-state index contributed by atoms with van der Waals surface area (Å²) in [6.45, 7) is 0.802. The van der Waals surface area contributed by atoms with Crippen molar-refractivity contribution in [3.8, 4) is 16.9 Å². The Morgan fingerprint density at radius 3 is 2.25 bits per heavy atom. The molecule has 0 bridgehead atoms. The second-order valence-electron chi connectivity index (χ2n) is 12.4. The standard InChI is InChI=1S/C33H37N3O8/c1-35(2)13-5-6-22(37)17-9-7-16(8-10-17)19-11-12-23(38)25-20(19)14-18-15-21-27(36(3)4)29(40)26(32(34)43)31(42)33(21,44)30(41)24(18)28(25)39/h7-12,18,21,27,38-39,42,44H,5-6,13-15H2,1-4H3,(H2,34,43)/t18-,21-,27?,33-/m0/s1. The Balaban J connectivity index is 1.58. The number of nitrogens with zero attached hydrogens (tertiary/aromatic N) is 2. The molecule has 44 heavy (non-hydrogen) atoms. The van der Waals surface area contributed by atoms with Crippen molar-refractivity contribution in [3.05, 3.63) is 70.0 Å². The van der Waals surface area contributed by atoms with Crippen LogP contribution in [0.5, 0.6) is 5.75 Å². The number of aromatic hydroxyl groups is 1. The highest BCUT2D eigenvalue weighted by molar-refractivity contribution is 6.24. The van der Waals surface area contributed by atoms with Gasteiger partial charge in [-0.25, -0.2) is 0 Å². The van der Waals surface area contributed by atoms with Gasteiger partial charge in [0.1, 0.15) is 22.8 Å². The number of Topliss-reactive ketones (excluding diaryl/α,β-unsaturated/α-hetero) is 3. The number of rotatable bonds is 8. The van der Waals surface area contributed by atoms with E-state index in [1.54, 1.807) is 44.4 Å². The summed E-state index contributed by atoms with van der Waals surface area (Å²) in [5.74, 6) is -6.91. The number of benzene rings is 2. The molecule has 0 radical (unpaired) electrons. The van der Waals surface area contributed by atoms with Crippen LogP contribution < -0.4 is 5.73 Å². The summed E-state index contributed by atoms with van der Waals surface area (Å²) in [6, 6.07) is 9.00. The number of nitrogens with two attached hydrogens (primary N) is 1. The Morgan fingerprint density at radius 2 is 1.66 bits per heavy atom. The summed E-state index contributed by atoms with van der Waals surface area (Å²) >= 11 is 0. The minimum absolute atomic E-state index is 0.00124. The molecule has 5 rings (SSSR count). The van der Waals surface area contributed by atoms with Crippen LogP contribution in [0, 0.1) is 11.8 Å². The van der Waals surface area contributed by atoms with E-state index in [-0.39, 0.29) is 35.5 Å². The van der Waals surface area contributed by atoms with Crippen molar-refractivity contribution in [1.82, 2.24) is 9.80 Å². The van der Waals surface area contributed by atoms with E-state index < -0.39 is 58.0 Å². The number of amides is 1. The second kappa shape index (κ2) is 11.3. The van der Waals surface area contributed by atoms with Gasteiger partial charge in [0.2, 0.25) is 5.78 Å². The zero-order valence-corrected chi connectivity index (χ0v) is 25.1. The maximum Gasteiger partial charge on any atom is 0.255 e. The van der Waals surface area contributed by atoms with Crippen molar-refractivity contribution >= 4 is 29.0 Å². The van der Waals surface area contributed by atoms with E-state index in [0.717, 1.165) is 18.5 Å². The van der Waals surface area contributed by atoms with E-state index in [1.807, 2.05) is 19.0 Å². The van der Waals surface area contributed by atoms with Gasteiger partial charge in [-0.1, -0.05) is 30.3 Å². The number of carbonyl (C=O) groups is 4. The van der Waals surface area contributed by atoms with Crippen molar-refractivity contribution in [3.63, 3.8) is 0 Å². The zero-order chi connectivity index (χ0) is 32.2. The first-order chi connectivity index (χ1) is 20.7. The van der Waals surface area contributed by atoms with Crippen LogP contribution in [0.2, 0.25) is 0 Å². The third-order valence-electron chi connectivity index (χ3n) is 9.13. The zero-order valence-electron chi connectivity index (χ0n) is 25.1. The molecule has 4 atom stereocenters. The molecule has 11 heteroatoms. The van der Waals surface area contributed by atoms with Gasteiger partial charge in [0.25, 0.3) is 5.91 Å². The van der Waals surface area contributed by atoms with Crippen LogP contribution in [0.1, 0.15) is 40.7 Å². The number of phenolic OH excluding ortho intramolecular Hbond substituents is 1. The van der Waals surface area contributed by atoms with E-state index in [2.05, 4.69) is 0 Å². The maximum absolute atomic E-state index is 14.0. The molecule has 0 saturated heterocycles. The summed E-state index contributed by atoms with van der Waals surface area (Å²) in [7, 11) is 7.01. The quantitative estimate of drug-likeness (QED) is 0.222. The van der Waals surface area contributed by atoms with Crippen molar-refractivity contribution in [1.29, 1.82) is 0 Å². The third-order valence-corrected chi connectivity index (χ3v) is 9.13. The Bertz CT molecular complexity index is 1640. The van der Waals surface area contributed by atoms with E-state index >= 15 is 0 Å². The molecule has 3 aliphatic rings. The molecule has 0 aromatic heterocycles. The van der Waals surface area contributed by atoms with Gasteiger partial charge in [-0.15, -0.1) is 0 Å². The monoisotopic (exact) mass is 603 g/mol. The minimum atomic E-state index is -2.69. The first-order valence-corrected chi connectivity index (χ1v) is 14.5. The Morgan fingerprint density at radius 1 is 1.00 bits per heavy atom. The lowest BCUT2D eigenvalue weighted by Crippen LogP contribution is -2.65. The highest BCUT2D eigenvalue weighted by Gasteiger charge is 2.64. The van der Waals surface area contributed by atoms with E-state index in [4.69, 9.17) is 5.73 Å². The molecule has 1 fully saturated rings. The first-order valence-electron chi connectivity index (χ1n) is 14.5. The highest BCUT2D eigenvalue weighted by Crippen LogP contribution is 2.53. The van der Waals surface area contributed by atoms with Crippen molar-refractivity contribution in [2.24, 2.45) is 17.6 Å². The Hall–Kier alpha value is -4.32. The number of carbonyl (C=O) groups excluding carboxylic acids is 4. The lowest BCUT2D eigenvalue weighted by molar-refractivity contribution is -0.153. The predicted molar refractivity (Wildman–Crippen MR) is 162 cm³/mol. The first kappa shape index (κ1) is 31.1. The average Bonchev–Trinajstić information content (AvgIpc) is 2.94. The summed E-state index contributed by atoms with van der Waals surface area (Å²) in [5, 5.41) is 45.1. The fourth-order valence-corrected chi connectivity index (χ4v) is 7.05. The van der Waals surface area contributed by atoms with Gasteiger partial charge >= 0.3 is 0 Å². The van der Waals surface area contributed by atoms with Crippen molar-refractivity contribution < 1.29 is 39.6 Å². The summed E-state index contributed by atoms with van der Waals surface area (Å²) < 4.78 is 0. The second-order valence-corrected chi connectivity index (χ2v) is 12.4. The maximum atomic E-state index is 14.0. The summed E-state index contributed by atoms with van der Waals surface area (Å²) in [5.41, 5.74) is 4.18. The van der Waals surface area contributed by atoms with Gasteiger partial charge in [0.05, 0.1) is 11.6 Å². The lowest BCUT2D eigenvalue weighted by atomic mass is 9.57. The number of hydrogen-bond acceptors (Lipinski definition) is 10. The molecule has 2 aromatic rings. The molecule has 3 aliphatic carbocycles. The number of phenols is 1. The largest absolute Gasteiger partial charge is 0.508 e. The van der Waals surface area contributed by atoms with E-state index in [9.17, 15) is 39.6 Å². The molecular weight excluding hydrogens is 566 g/mol. The molecule has 2 aromatic carbocycles. The molecule has 232 valence electrons. The highest BCUT2D eigenvalue weighted by atomic mass is 16.3. The van der Waals surface area contributed by atoms with Crippen LogP contribution in [-0.2, 0) is 20.8 Å². The topological polar surface area (TPSA) is 182 Å². The number of hydrogen-bond donors (Lipinski definition) is 5. The minimum Gasteiger partial charge on any atom is -0.508 e. The summed E-state index contributed by atoms with van der Waals surface area (Å²) in [6.07, 6.45) is 1.32. The van der Waals surface area contributed by atoms with Gasteiger partial charge in [-0.3, -0.25) is 24.1 Å². The number of ketones is 3. The van der Waals surface area contributed by atoms with Crippen molar-refractivity contribution in [2.75, 3.05) is 34.7 Å². The molecule has 1 amide bonds. The molecular formula is C33H37N3O8. The normalized spacial score (nSPS) is 24.8. The number of primary amides is 1. The fourth-order valence-electron chi connectivity index (χ4n) is 7.05. The lowest BCUT2D eigenvalue weighted by Gasteiger charge is -2.50. The van der Waals surface area contributed by atoms with E-state index in [1.165, 1.54) is 11.0 Å². The molecule has 6 N–H and O–H groups in total. The van der Waals surface area contributed by atoms with Crippen molar-refractivity contribution in [2.45, 2.75) is 37.3 Å². The van der Waals surface area contributed by atoms with Crippen LogP contribution in [0.4, 0.5) is 0 Å². The van der Waals surface area contributed by atoms with Crippen LogP contribution in [0.15, 0.2) is 53.3 Å². The molecule has 11 nitrogen and oxygen atoms in total. The Labute approximate surface area is 254 Å². The number of aliphatic hydroxyl groups is 3. The SMILES string of the molecule is CN(C)CCCC(=O)c1ccc(-c2ccc(O)c3c2C[C@H]2C[C@H]4C(N(C)C)C(=O)C(C(N)=O)=C(O)[C@@]4(O)C(=O)C2=C3O)cc1. The molecule has 0 spiro atoms. The van der Waals surface area contributed by atoms with Crippen LogP contribution in [0.25, 0.3) is 16.9 Å². The summed E-state index contributed by atoms with van der Waals surface area (Å²) in [4.78, 5) is 55.6. The van der Waals surface area contributed by atoms with Gasteiger partial charge < -0.3 is 31.1 Å². The number of fused-ring (bicyclic) bond motifs is 3. The fraction of sp³-hybridized carbons (Fsp3) is 0.394. The average molecular weight is 604 g/mol. The number of likely N-dealkylation sites (N-methyl/N-ethyl adjacent to an activating group) is 1. The third kappa shape index (κ3) is 4.81. The van der Waals surface area contributed by atoms with Crippen LogP contribution in [-0.4, -0.2) is 99.9 Å². The molecule has 0 heterocycles. The molecule has 1 saturated carbocycles. The molecule has 0 aliphatic heterocycles. The van der Waals surface area contributed by atoms with Gasteiger partial charge in [0.15, 0.2) is 17.2 Å². The number of aliphatic hydroxyl groups excluding tert-OH is 2. The van der Waals surface area contributed by atoms with Gasteiger partial charge in [-0.2, -0.15) is 0 Å². The smallest absolute Gasteiger partial charge is 0.255 e.